The van der Waals surface area contributed by atoms with Gasteiger partial charge in [-0.05, 0) is 46.3 Å². The number of thioether (sulfide) groups is 1. The minimum atomic E-state index is -0.939. The van der Waals surface area contributed by atoms with Gasteiger partial charge in [-0.15, -0.1) is 11.8 Å². The lowest BCUT2D eigenvalue weighted by atomic mass is 10.2. The number of aromatic carboxylic acids is 1. The Kier molecular flexibility index (Phi) is 5.36. The smallest absolute Gasteiger partial charge is 0.336 e. The Morgan fingerprint density at radius 2 is 2.31 bits per heavy atom. The van der Waals surface area contributed by atoms with Crippen LogP contribution in [0.5, 0.6) is 0 Å². The van der Waals surface area contributed by atoms with Crippen molar-refractivity contribution in [1.29, 1.82) is 5.26 Å². The minimum absolute atomic E-state index is 0.269. The highest BCUT2D eigenvalue weighted by molar-refractivity contribution is 9.10. The Morgan fingerprint density at radius 1 is 1.56 bits per heavy atom. The number of nitriles is 1. The second kappa shape index (κ2) is 6.56. The maximum atomic E-state index is 10.9. The summed E-state index contributed by atoms with van der Waals surface area (Å²) in [7, 11) is 0. The summed E-state index contributed by atoms with van der Waals surface area (Å²) in [6.07, 6.45) is 1.36. The van der Waals surface area contributed by atoms with Gasteiger partial charge in [-0.2, -0.15) is 5.26 Å². The van der Waals surface area contributed by atoms with Crippen molar-refractivity contribution in [1.82, 2.24) is 0 Å². The molecule has 1 aromatic rings. The summed E-state index contributed by atoms with van der Waals surface area (Å²) in [6, 6.07) is 7.32. The number of carbonyl (C=O) groups is 1. The second-order valence-electron chi connectivity index (χ2n) is 3.06. The summed E-state index contributed by atoms with van der Waals surface area (Å²) < 4.78 is 0.585. The van der Waals surface area contributed by atoms with Gasteiger partial charge in [0, 0.05) is 15.8 Å². The lowest BCUT2D eigenvalue weighted by molar-refractivity contribution is 0.0695. The molecule has 0 heterocycles. The number of rotatable bonds is 5. The first-order valence-corrected chi connectivity index (χ1v) is 6.45. The van der Waals surface area contributed by atoms with Crippen molar-refractivity contribution in [2.75, 3.05) is 5.75 Å². The minimum Gasteiger partial charge on any atom is -0.478 e. The van der Waals surface area contributed by atoms with E-state index in [9.17, 15) is 4.79 Å². The van der Waals surface area contributed by atoms with E-state index in [0.717, 1.165) is 17.1 Å². The van der Waals surface area contributed by atoms with E-state index in [1.807, 2.05) is 6.07 Å². The van der Waals surface area contributed by atoms with E-state index >= 15 is 0 Å². The molecule has 16 heavy (non-hydrogen) atoms. The molecule has 1 N–H and O–H groups in total. The highest BCUT2D eigenvalue weighted by atomic mass is 79.9. The zero-order valence-corrected chi connectivity index (χ0v) is 10.8. The van der Waals surface area contributed by atoms with E-state index in [0.29, 0.717) is 10.9 Å². The van der Waals surface area contributed by atoms with E-state index in [2.05, 4.69) is 22.0 Å². The summed E-state index contributed by atoms with van der Waals surface area (Å²) in [5.74, 6) is -0.111. The molecule has 0 saturated heterocycles. The van der Waals surface area contributed by atoms with E-state index in [4.69, 9.17) is 10.4 Å². The SMILES string of the molecule is N#CCCCSc1ccc(Br)c(C(=O)O)c1. The average molecular weight is 300 g/mol. The first kappa shape index (κ1) is 13.1. The van der Waals surface area contributed by atoms with Crippen molar-refractivity contribution >= 4 is 33.7 Å². The Bertz CT molecular complexity index is 428. The number of halogens is 1. The van der Waals surface area contributed by atoms with Gasteiger partial charge in [0.1, 0.15) is 0 Å². The Morgan fingerprint density at radius 3 is 2.94 bits per heavy atom. The second-order valence-corrected chi connectivity index (χ2v) is 5.08. The average Bonchev–Trinajstić information content (AvgIpc) is 2.26. The van der Waals surface area contributed by atoms with Crippen molar-refractivity contribution in [3.8, 4) is 6.07 Å². The van der Waals surface area contributed by atoms with Crippen LogP contribution < -0.4 is 0 Å². The number of benzene rings is 1. The van der Waals surface area contributed by atoms with Crippen LogP contribution in [-0.2, 0) is 0 Å². The van der Waals surface area contributed by atoms with Crippen molar-refractivity contribution < 1.29 is 9.90 Å². The van der Waals surface area contributed by atoms with Crippen LogP contribution in [0.15, 0.2) is 27.6 Å². The molecule has 0 radical (unpaired) electrons. The molecule has 0 unspecified atom stereocenters. The number of hydrogen-bond acceptors (Lipinski definition) is 3. The molecule has 0 atom stereocenters. The maximum Gasteiger partial charge on any atom is 0.336 e. The quantitative estimate of drug-likeness (QED) is 0.667. The molecule has 5 heteroatoms. The fourth-order valence-electron chi connectivity index (χ4n) is 1.10. The topological polar surface area (TPSA) is 61.1 Å². The first-order chi connectivity index (χ1) is 7.65. The van der Waals surface area contributed by atoms with Gasteiger partial charge in [0.25, 0.3) is 0 Å². The standard InChI is InChI=1S/C11H10BrNO2S/c12-10-4-3-8(7-9(10)11(14)15)16-6-2-1-5-13/h3-4,7H,1-2,6H2,(H,14,15). The van der Waals surface area contributed by atoms with Crippen LogP contribution in [0.2, 0.25) is 0 Å². The third kappa shape index (κ3) is 3.87. The molecule has 1 aromatic carbocycles. The van der Waals surface area contributed by atoms with E-state index in [-0.39, 0.29) is 5.56 Å². The van der Waals surface area contributed by atoms with Gasteiger partial charge in [-0.1, -0.05) is 0 Å². The molecular formula is C11H10BrNO2S. The molecule has 0 spiro atoms. The predicted molar refractivity (Wildman–Crippen MR) is 66.7 cm³/mol. The number of unbranched alkanes of at least 4 members (excludes halogenated alkanes) is 1. The Balaban J connectivity index is 2.65. The largest absolute Gasteiger partial charge is 0.478 e. The van der Waals surface area contributed by atoms with Gasteiger partial charge >= 0.3 is 5.97 Å². The van der Waals surface area contributed by atoms with Crippen LogP contribution in [0, 0.1) is 11.3 Å². The third-order valence-corrected chi connectivity index (χ3v) is 3.64. The molecule has 0 amide bonds. The molecular weight excluding hydrogens is 290 g/mol. The summed E-state index contributed by atoms with van der Waals surface area (Å²) in [5.41, 5.74) is 0.269. The first-order valence-electron chi connectivity index (χ1n) is 4.67. The van der Waals surface area contributed by atoms with Gasteiger partial charge in [-0.3, -0.25) is 0 Å². The number of hydrogen-bond donors (Lipinski definition) is 1. The van der Waals surface area contributed by atoms with E-state index in [1.165, 1.54) is 0 Å². The highest BCUT2D eigenvalue weighted by Gasteiger charge is 2.08. The molecule has 0 bridgehead atoms. The molecule has 0 aliphatic heterocycles. The molecule has 3 nitrogen and oxygen atoms in total. The van der Waals surface area contributed by atoms with Crippen LogP contribution in [0.1, 0.15) is 23.2 Å². The lowest BCUT2D eigenvalue weighted by Gasteiger charge is -2.03. The van der Waals surface area contributed by atoms with Gasteiger partial charge in [0.15, 0.2) is 0 Å². The number of carboxylic acids is 1. The molecule has 0 saturated carbocycles. The van der Waals surface area contributed by atoms with E-state index < -0.39 is 5.97 Å². The van der Waals surface area contributed by atoms with Gasteiger partial charge in [0.05, 0.1) is 11.6 Å². The summed E-state index contributed by atoms with van der Waals surface area (Å²) in [4.78, 5) is 11.8. The van der Waals surface area contributed by atoms with Crippen molar-refractivity contribution in [3.05, 3.63) is 28.2 Å². The fourth-order valence-corrected chi connectivity index (χ4v) is 2.41. The summed E-state index contributed by atoms with van der Waals surface area (Å²) in [6.45, 7) is 0. The Hall–Kier alpha value is -0.990. The van der Waals surface area contributed by atoms with Crippen LogP contribution in [0.25, 0.3) is 0 Å². The van der Waals surface area contributed by atoms with Gasteiger partial charge in [0.2, 0.25) is 0 Å². The van der Waals surface area contributed by atoms with Crippen molar-refractivity contribution in [2.24, 2.45) is 0 Å². The van der Waals surface area contributed by atoms with Crippen LogP contribution in [0.3, 0.4) is 0 Å². The third-order valence-electron chi connectivity index (χ3n) is 1.87. The molecule has 0 aromatic heterocycles. The summed E-state index contributed by atoms with van der Waals surface area (Å²) in [5, 5.41) is 17.3. The molecule has 0 aliphatic rings. The van der Waals surface area contributed by atoms with Gasteiger partial charge in [-0.25, -0.2) is 4.79 Å². The molecule has 0 fully saturated rings. The lowest BCUT2D eigenvalue weighted by Crippen LogP contribution is -1.97. The molecule has 1 rings (SSSR count). The van der Waals surface area contributed by atoms with Crippen LogP contribution in [0.4, 0.5) is 0 Å². The van der Waals surface area contributed by atoms with Crippen LogP contribution in [-0.4, -0.2) is 16.8 Å². The predicted octanol–water partition coefficient (Wildman–Crippen LogP) is 3.54. The molecule has 0 aliphatic carbocycles. The molecule has 84 valence electrons. The summed E-state index contributed by atoms with van der Waals surface area (Å²) >= 11 is 4.76. The Labute approximate surface area is 107 Å². The van der Waals surface area contributed by atoms with E-state index in [1.54, 1.807) is 23.9 Å². The normalized spacial score (nSPS) is 9.75. The number of nitrogens with zero attached hydrogens (tertiary/aromatic N) is 1. The van der Waals surface area contributed by atoms with Crippen LogP contribution >= 0.6 is 27.7 Å². The monoisotopic (exact) mass is 299 g/mol. The maximum absolute atomic E-state index is 10.9. The fraction of sp³-hybridized carbons (Fsp3) is 0.273. The zero-order valence-electron chi connectivity index (χ0n) is 8.44. The zero-order chi connectivity index (χ0) is 12.0. The highest BCUT2D eigenvalue weighted by Crippen LogP contribution is 2.25. The number of carboxylic acid groups (broad SMARTS) is 1. The van der Waals surface area contributed by atoms with Crippen molar-refractivity contribution in [3.63, 3.8) is 0 Å². The van der Waals surface area contributed by atoms with Crippen molar-refractivity contribution in [2.45, 2.75) is 17.7 Å². The van der Waals surface area contributed by atoms with Gasteiger partial charge < -0.3 is 5.11 Å².